The van der Waals surface area contributed by atoms with Gasteiger partial charge in [0, 0.05) is 49.4 Å². The Bertz CT molecular complexity index is 4330. The lowest BCUT2D eigenvalue weighted by molar-refractivity contribution is 0.487. The molecule has 5 heteroatoms. The standard InChI is InChI=1S/C66H43N3OSi/c1-3-17-44(18-4-1)45-31-33-46(34-32-45)67-60-39-35-47(68-57-24-10-7-21-51(57)52-22-8-11-25-58(52)68)41-55(60)56-42-48(36-40-61(56)67)69-59-26-12-9-23-53(59)54-38-37-50(43-62(54)69)71(49-19-5-2-6-20-49)65-29-15-13-27-63(65)70-64-28-14-16-30-66(64)71/h1-43H. The molecule has 0 atom stereocenters. The molecule has 3 aromatic heterocycles. The summed E-state index contributed by atoms with van der Waals surface area (Å²) in [5, 5.41) is 12.5. The van der Waals surface area contributed by atoms with Crippen molar-refractivity contribution in [3.63, 3.8) is 0 Å². The molecule has 1 aliphatic heterocycles. The van der Waals surface area contributed by atoms with Crippen LogP contribution in [0.1, 0.15) is 0 Å². The Labute approximate surface area is 411 Å². The van der Waals surface area contributed by atoms with E-state index in [1.807, 2.05) is 0 Å². The summed E-state index contributed by atoms with van der Waals surface area (Å²) in [4.78, 5) is 0. The van der Waals surface area contributed by atoms with Gasteiger partial charge in [-0.2, -0.15) is 0 Å². The van der Waals surface area contributed by atoms with E-state index in [-0.39, 0.29) is 0 Å². The average molecular weight is 922 g/mol. The topological polar surface area (TPSA) is 24.0 Å². The van der Waals surface area contributed by atoms with E-state index in [1.165, 1.54) is 86.3 Å². The molecule has 0 aliphatic carbocycles. The Morgan fingerprint density at radius 1 is 0.254 bits per heavy atom. The van der Waals surface area contributed by atoms with Gasteiger partial charge in [0.1, 0.15) is 11.5 Å². The molecule has 71 heavy (non-hydrogen) atoms. The first-order valence-electron chi connectivity index (χ1n) is 24.4. The number of hydrogen-bond donors (Lipinski definition) is 0. The van der Waals surface area contributed by atoms with Crippen LogP contribution >= 0.6 is 0 Å². The fraction of sp³-hybridized carbons (Fsp3) is 0. The summed E-state index contributed by atoms with van der Waals surface area (Å²) in [5.74, 6) is 1.86. The van der Waals surface area contributed by atoms with Crippen molar-refractivity contribution < 1.29 is 4.74 Å². The third-order valence-electron chi connectivity index (χ3n) is 15.2. The van der Waals surface area contributed by atoms with Crippen LogP contribution in [0, 0.1) is 0 Å². The van der Waals surface area contributed by atoms with Crippen LogP contribution < -0.4 is 25.5 Å². The van der Waals surface area contributed by atoms with Crippen LogP contribution in [-0.4, -0.2) is 21.8 Å². The van der Waals surface area contributed by atoms with Crippen LogP contribution in [-0.2, 0) is 0 Å². The SMILES string of the molecule is c1ccc(-c2ccc(-n3c4ccc(-n5c6ccccc6c6ccccc65)cc4c4cc(-n5c6ccccc6c6ccc([Si]7(c8ccccc8)c8ccccc8Oc8ccccc87)cc65)ccc43)cc2)cc1. The molecule has 0 unspecified atom stereocenters. The molecule has 0 radical (unpaired) electrons. The minimum atomic E-state index is -2.92. The molecular formula is C66H43N3OSi. The second kappa shape index (κ2) is 15.4. The van der Waals surface area contributed by atoms with Crippen LogP contribution in [0.3, 0.4) is 0 Å². The number of hydrogen-bond acceptors (Lipinski definition) is 1. The molecule has 0 fully saturated rings. The Hall–Kier alpha value is -9.16. The zero-order chi connectivity index (χ0) is 46.6. The minimum absolute atomic E-state index is 0.930. The van der Waals surface area contributed by atoms with Crippen LogP contribution in [0.25, 0.3) is 93.6 Å². The molecule has 0 spiro atoms. The second-order valence-electron chi connectivity index (χ2n) is 18.8. The molecule has 332 valence electrons. The zero-order valence-corrected chi connectivity index (χ0v) is 39.6. The van der Waals surface area contributed by atoms with Crippen LogP contribution in [0.5, 0.6) is 11.5 Å². The zero-order valence-electron chi connectivity index (χ0n) is 38.6. The average Bonchev–Trinajstić information content (AvgIpc) is 4.08. The van der Waals surface area contributed by atoms with Gasteiger partial charge in [-0.3, -0.25) is 0 Å². The highest BCUT2D eigenvalue weighted by molar-refractivity contribution is 7.20. The predicted octanol–water partition coefficient (Wildman–Crippen LogP) is 14.1. The van der Waals surface area contributed by atoms with E-state index < -0.39 is 8.07 Å². The third kappa shape index (κ3) is 5.78. The number of aromatic nitrogens is 3. The Balaban J connectivity index is 1.000. The van der Waals surface area contributed by atoms with Crippen molar-refractivity contribution in [2.45, 2.75) is 0 Å². The van der Waals surface area contributed by atoms with Gasteiger partial charge in [-0.15, -0.1) is 0 Å². The number of ether oxygens (including phenoxy) is 1. The summed E-state index contributed by atoms with van der Waals surface area (Å²) in [6, 6.07) is 96.1. The van der Waals surface area contributed by atoms with Gasteiger partial charge in [-0.05, 0) is 117 Å². The monoisotopic (exact) mass is 921 g/mol. The summed E-state index contributed by atoms with van der Waals surface area (Å²) in [5.41, 5.74) is 12.8. The highest BCUT2D eigenvalue weighted by Crippen LogP contribution is 2.40. The predicted molar refractivity (Wildman–Crippen MR) is 299 cm³/mol. The quantitative estimate of drug-likeness (QED) is 0.153. The number of nitrogens with zero attached hydrogens (tertiary/aromatic N) is 3. The Morgan fingerprint density at radius 3 is 1.23 bits per heavy atom. The molecule has 0 amide bonds. The number of benzene rings is 11. The molecule has 0 saturated carbocycles. The summed E-state index contributed by atoms with van der Waals surface area (Å²) < 4.78 is 14.1. The van der Waals surface area contributed by atoms with E-state index in [1.54, 1.807) is 0 Å². The van der Waals surface area contributed by atoms with Gasteiger partial charge in [0.2, 0.25) is 0 Å². The van der Waals surface area contributed by atoms with Crippen molar-refractivity contribution in [2.24, 2.45) is 0 Å². The lowest BCUT2D eigenvalue weighted by Gasteiger charge is -2.39. The van der Waals surface area contributed by atoms with E-state index in [0.29, 0.717) is 0 Å². The van der Waals surface area contributed by atoms with Crippen molar-refractivity contribution in [1.82, 2.24) is 13.7 Å². The summed E-state index contributed by atoms with van der Waals surface area (Å²) >= 11 is 0. The van der Waals surface area contributed by atoms with Crippen LogP contribution in [0.4, 0.5) is 0 Å². The largest absolute Gasteiger partial charge is 0.458 e. The molecule has 11 aromatic carbocycles. The van der Waals surface area contributed by atoms with Gasteiger partial charge in [-0.1, -0.05) is 176 Å². The number of para-hydroxylation sites is 5. The molecule has 0 N–H and O–H groups in total. The number of rotatable bonds is 6. The van der Waals surface area contributed by atoms with E-state index in [2.05, 4.69) is 275 Å². The maximum Gasteiger partial charge on any atom is 0.188 e. The fourth-order valence-corrected chi connectivity index (χ4v) is 17.1. The molecule has 15 rings (SSSR count). The third-order valence-corrected chi connectivity index (χ3v) is 20.0. The highest BCUT2D eigenvalue weighted by Gasteiger charge is 2.48. The maximum atomic E-state index is 6.74. The fourth-order valence-electron chi connectivity index (χ4n) is 12.1. The van der Waals surface area contributed by atoms with E-state index in [4.69, 9.17) is 4.74 Å². The van der Waals surface area contributed by atoms with E-state index >= 15 is 0 Å². The van der Waals surface area contributed by atoms with Crippen molar-refractivity contribution in [2.75, 3.05) is 0 Å². The summed E-state index contributed by atoms with van der Waals surface area (Å²) in [7, 11) is -2.92. The van der Waals surface area contributed by atoms with Crippen molar-refractivity contribution in [3.05, 3.63) is 261 Å². The summed E-state index contributed by atoms with van der Waals surface area (Å²) in [6.07, 6.45) is 0. The first-order chi connectivity index (χ1) is 35.2. The van der Waals surface area contributed by atoms with Crippen LogP contribution in [0.2, 0.25) is 0 Å². The highest BCUT2D eigenvalue weighted by atomic mass is 28.3. The molecule has 1 aliphatic rings. The maximum absolute atomic E-state index is 6.74. The molecule has 14 aromatic rings. The minimum Gasteiger partial charge on any atom is -0.458 e. The van der Waals surface area contributed by atoms with Crippen LogP contribution in [0.15, 0.2) is 261 Å². The summed E-state index contributed by atoms with van der Waals surface area (Å²) in [6.45, 7) is 0. The molecular weight excluding hydrogens is 879 g/mol. The molecule has 0 bridgehead atoms. The lowest BCUT2D eigenvalue weighted by atomic mass is 10.1. The first-order valence-corrected chi connectivity index (χ1v) is 26.4. The van der Waals surface area contributed by atoms with Gasteiger partial charge in [0.05, 0.1) is 33.1 Å². The van der Waals surface area contributed by atoms with Gasteiger partial charge in [0.25, 0.3) is 0 Å². The second-order valence-corrected chi connectivity index (χ2v) is 22.5. The Morgan fingerprint density at radius 2 is 0.662 bits per heavy atom. The molecule has 4 nitrogen and oxygen atoms in total. The van der Waals surface area contributed by atoms with Gasteiger partial charge >= 0.3 is 0 Å². The molecule has 4 heterocycles. The smallest absolute Gasteiger partial charge is 0.188 e. The molecule has 0 saturated heterocycles. The van der Waals surface area contributed by atoms with Gasteiger partial charge in [-0.25, -0.2) is 0 Å². The van der Waals surface area contributed by atoms with Crippen molar-refractivity contribution >= 4 is 94.2 Å². The lowest BCUT2D eigenvalue weighted by Crippen LogP contribution is -2.76. The first kappa shape index (κ1) is 39.8. The van der Waals surface area contributed by atoms with Gasteiger partial charge < -0.3 is 18.4 Å². The Kier molecular flexibility index (Phi) is 8.64. The number of fused-ring (bicyclic) bond motifs is 11. The van der Waals surface area contributed by atoms with E-state index in [9.17, 15) is 0 Å². The van der Waals surface area contributed by atoms with Crippen molar-refractivity contribution in [1.29, 1.82) is 0 Å². The van der Waals surface area contributed by atoms with E-state index in [0.717, 1.165) is 39.6 Å². The van der Waals surface area contributed by atoms with Gasteiger partial charge in [0.15, 0.2) is 8.07 Å². The normalized spacial score (nSPS) is 13.0. The van der Waals surface area contributed by atoms with Crippen molar-refractivity contribution in [3.8, 4) is 39.7 Å².